The van der Waals surface area contributed by atoms with Crippen molar-refractivity contribution in [3.05, 3.63) is 34.4 Å². The molecule has 1 aromatic carbocycles. The number of carbonyl (C=O) groups excluding carboxylic acids is 1. The number of nitro benzene ring substituents is 1. The third kappa shape index (κ3) is 4.65. The minimum Gasteiger partial charge on any atom is -0.385 e. The number of anilines is 1. The van der Waals surface area contributed by atoms with E-state index in [1.807, 2.05) is 0 Å². The Morgan fingerprint density at radius 3 is 2.84 bits per heavy atom. The molecule has 0 aliphatic carbocycles. The SMILES string of the molecule is COCCCC(N)C(=O)Nc1ccccc1[N+](=O)[O-]. The van der Waals surface area contributed by atoms with Gasteiger partial charge in [-0.15, -0.1) is 0 Å². The van der Waals surface area contributed by atoms with Crippen LogP contribution in [0.2, 0.25) is 0 Å². The summed E-state index contributed by atoms with van der Waals surface area (Å²) in [5.74, 6) is -0.439. The van der Waals surface area contributed by atoms with E-state index < -0.39 is 16.9 Å². The van der Waals surface area contributed by atoms with Crippen molar-refractivity contribution in [2.45, 2.75) is 18.9 Å². The highest BCUT2D eigenvalue weighted by Gasteiger charge is 2.18. The molecule has 7 heteroatoms. The highest BCUT2D eigenvalue weighted by molar-refractivity contribution is 5.96. The Balaban J connectivity index is 2.64. The van der Waals surface area contributed by atoms with Gasteiger partial charge in [0.05, 0.1) is 11.0 Å². The first-order valence-electron chi connectivity index (χ1n) is 5.85. The fourth-order valence-corrected chi connectivity index (χ4v) is 1.54. The van der Waals surface area contributed by atoms with Crippen molar-refractivity contribution >= 4 is 17.3 Å². The molecular weight excluding hydrogens is 250 g/mol. The van der Waals surface area contributed by atoms with Gasteiger partial charge in [0.15, 0.2) is 0 Å². The van der Waals surface area contributed by atoms with E-state index in [1.54, 1.807) is 13.2 Å². The molecule has 1 atom stereocenters. The second-order valence-electron chi connectivity index (χ2n) is 4.01. The number of ether oxygens (including phenoxy) is 1. The Morgan fingerprint density at radius 1 is 1.53 bits per heavy atom. The molecule has 0 fully saturated rings. The fourth-order valence-electron chi connectivity index (χ4n) is 1.54. The van der Waals surface area contributed by atoms with E-state index in [0.29, 0.717) is 19.4 Å². The predicted molar refractivity (Wildman–Crippen MR) is 70.8 cm³/mol. The molecule has 0 aliphatic rings. The van der Waals surface area contributed by atoms with E-state index in [0.717, 1.165) is 0 Å². The molecule has 0 saturated carbocycles. The minimum atomic E-state index is -0.713. The standard InChI is InChI=1S/C12H17N3O4/c1-19-8-4-5-9(13)12(16)14-10-6-2-3-7-11(10)15(17)18/h2-3,6-7,9H,4-5,8,13H2,1H3,(H,14,16). The number of methoxy groups -OCH3 is 1. The highest BCUT2D eigenvalue weighted by atomic mass is 16.6. The molecule has 0 spiro atoms. The number of nitrogens with two attached hydrogens (primary N) is 1. The Kier molecular flexibility index (Phi) is 5.91. The summed E-state index contributed by atoms with van der Waals surface area (Å²) >= 11 is 0. The third-order valence-corrected chi connectivity index (χ3v) is 2.56. The highest BCUT2D eigenvalue weighted by Crippen LogP contribution is 2.23. The van der Waals surface area contributed by atoms with Crippen LogP contribution in [0.5, 0.6) is 0 Å². The van der Waals surface area contributed by atoms with E-state index in [9.17, 15) is 14.9 Å². The first-order valence-corrected chi connectivity index (χ1v) is 5.85. The Labute approximate surface area is 110 Å². The van der Waals surface area contributed by atoms with Crippen LogP contribution in [-0.4, -0.2) is 30.6 Å². The van der Waals surface area contributed by atoms with Gasteiger partial charge in [-0.25, -0.2) is 0 Å². The molecule has 7 nitrogen and oxygen atoms in total. The van der Waals surface area contributed by atoms with Crippen LogP contribution in [0, 0.1) is 10.1 Å². The van der Waals surface area contributed by atoms with Crippen LogP contribution < -0.4 is 11.1 Å². The van der Waals surface area contributed by atoms with Crippen molar-refractivity contribution in [1.82, 2.24) is 0 Å². The maximum atomic E-state index is 11.8. The lowest BCUT2D eigenvalue weighted by Gasteiger charge is -2.12. The Hall–Kier alpha value is -1.99. The Morgan fingerprint density at radius 2 is 2.21 bits per heavy atom. The summed E-state index contributed by atoms with van der Waals surface area (Å²) in [5, 5.41) is 13.3. The van der Waals surface area contributed by atoms with Crippen molar-refractivity contribution in [3.8, 4) is 0 Å². The van der Waals surface area contributed by atoms with Gasteiger partial charge < -0.3 is 15.8 Å². The molecule has 0 heterocycles. The molecule has 1 unspecified atom stereocenters. The van der Waals surface area contributed by atoms with E-state index in [1.165, 1.54) is 18.2 Å². The van der Waals surface area contributed by atoms with Gasteiger partial charge in [0.1, 0.15) is 5.69 Å². The topological polar surface area (TPSA) is 107 Å². The second kappa shape index (κ2) is 7.45. The number of nitro groups is 1. The number of hydrogen-bond acceptors (Lipinski definition) is 5. The van der Waals surface area contributed by atoms with Gasteiger partial charge in [-0.2, -0.15) is 0 Å². The van der Waals surface area contributed by atoms with Gasteiger partial charge in [0.25, 0.3) is 5.69 Å². The van der Waals surface area contributed by atoms with Crippen molar-refractivity contribution in [2.24, 2.45) is 5.73 Å². The van der Waals surface area contributed by atoms with Crippen LogP contribution in [0.1, 0.15) is 12.8 Å². The summed E-state index contributed by atoms with van der Waals surface area (Å²) in [6.45, 7) is 0.520. The molecule has 0 saturated heterocycles. The molecule has 1 aromatic rings. The zero-order chi connectivity index (χ0) is 14.3. The lowest BCUT2D eigenvalue weighted by atomic mass is 10.1. The average Bonchev–Trinajstić information content (AvgIpc) is 2.39. The van der Waals surface area contributed by atoms with Gasteiger partial charge >= 0.3 is 0 Å². The largest absolute Gasteiger partial charge is 0.385 e. The molecule has 0 aromatic heterocycles. The fraction of sp³-hybridized carbons (Fsp3) is 0.417. The number of hydrogen-bond donors (Lipinski definition) is 2. The monoisotopic (exact) mass is 267 g/mol. The van der Waals surface area contributed by atoms with Gasteiger partial charge in [-0.3, -0.25) is 14.9 Å². The normalized spacial score (nSPS) is 11.9. The second-order valence-corrected chi connectivity index (χ2v) is 4.01. The zero-order valence-corrected chi connectivity index (χ0v) is 10.7. The maximum absolute atomic E-state index is 11.8. The number of nitrogens with one attached hydrogen (secondary N) is 1. The van der Waals surface area contributed by atoms with Crippen molar-refractivity contribution < 1.29 is 14.5 Å². The summed E-state index contributed by atoms with van der Waals surface area (Å²) in [5.41, 5.74) is 5.69. The van der Waals surface area contributed by atoms with E-state index >= 15 is 0 Å². The number of amides is 1. The van der Waals surface area contributed by atoms with Crippen LogP contribution in [0.15, 0.2) is 24.3 Å². The molecule has 1 amide bonds. The van der Waals surface area contributed by atoms with Crippen LogP contribution >= 0.6 is 0 Å². The first kappa shape index (κ1) is 15.1. The Bertz CT molecular complexity index is 450. The smallest absolute Gasteiger partial charge is 0.292 e. The number of carbonyl (C=O) groups is 1. The van der Waals surface area contributed by atoms with Gasteiger partial charge in [-0.1, -0.05) is 12.1 Å². The first-order chi connectivity index (χ1) is 9.06. The number of benzene rings is 1. The summed E-state index contributed by atoms with van der Waals surface area (Å²) < 4.78 is 4.86. The van der Waals surface area contributed by atoms with Crippen molar-refractivity contribution in [2.75, 3.05) is 19.0 Å². The number of nitrogens with zero attached hydrogens (tertiary/aromatic N) is 1. The maximum Gasteiger partial charge on any atom is 0.292 e. The molecule has 0 bridgehead atoms. The average molecular weight is 267 g/mol. The summed E-state index contributed by atoms with van der Waals surface area (Å²) in [4.78, 5) is 22.0. The van der Waals surface area contributed by atoms with Gasteiger partial charge in [0.2, 0.25) is 5.91 Å². The van der Waals surface area contributed by atoms with Crippen LogP contribution in [0.3, 0.4) is 0 Å². The quantitative estimate of drug-likeness (QED) is 0.439. The van der Waals surface area contributed by atoms with E-state index in [2.05, 4.69) is 5.32 Å². The number of para-hydroxylation sites is 2. The molecule has 1 rings (SSSR count). The van der Waals surface area contributed by atoms with E-state index in [4.69, 9.17) is 10.5 Å². The number of rotatable bonds is 7. The summed E-state index contributed by atoms with van der Waals surface area (Å²) in [6.07, 6.45) is 1.11. The van der Waals surface area contributed by atoms with Crippen LogP contribution in [0.4, 0.5) is 11.4 Å². The van der Waals surface area contributed by atoms with Crippen molar-refractivity contribution in [1.29, 1.82) is 0 Å². The van der Waals surface area contributed by atoms with E-state index in [-0.39, 0.29) is 11.4 Å². The van der Waals surface area contributed by atoms with Gasteiger partial charge in [-0.05, 0) is 18.9 Å². The third-order valence-electron chi connectivity index (χ3n) is 2.56. The van der Waals surface area contributed by atoms with Crippen molar-refractivity contribution in [3.63, 3.8) is 0 Å². The van der Waals surface area contributed by atoms with Gasteiger partial charge in [0, 0.05) is 19.8 Å². The molecule has 3 N–H and O–H groups in total. The lowest BCUT2D eigenvalue weighted by Crippen LogP contribution is -2.35. The van der Waals surface area contributed by atoms with Crippen LogP contribution in [-0.2, 0) is 9.53 Å². The molecule has 0 radical (unpaired) electrons. The summed E-state index contributed by atoms with van der Waals surface area (Å²) in [7, 11) is 1.57. The predicted octanol–water partition coefficient (Wildman–Crippen LogP) is 1.29. The molecular formula is C12H17N3O4. The lowest BCUT2D eigenvalue weighted by molar-refractivity contribution is -0.383. The molecule has 0 aliphatic heterocycles. The molecule has 104 valence electrons. The van der Waals surface area contributed by atoms with Crippen LogP contribution in [0.25, 0.3) is 0 Å². The summed E-state index contributed by atoms with van der Waals surface area (Å²) in [6, 6.07) is 5.23. The minimum absolute atomic E-state index is 0.152. The zero-order valence-electron chi connectivity index (χ0n) is 10.7. The molecule has 19 heavy (non-hydrogen) atoms.